The molecule has 9 aromatic rings. The van der Waals surface area contributed by atoms with Crippen LogP contribution in [0.15, 0.2) is 138 Å². The number of hydrogen-bond donors (Lipinski definition) is 1. The van der Waals surface area contributed by atoms with Gasteiger partial charge in [0.2, 0.25) is 0 Å². The zero-order valence-corrected chi connectivity index (χ0v) is 38.9. The van der Waals surface area contributed by atoms with Crippen LogP contribution >= 0.6 is 57.1 Å². The Morgan fingerprint density at radius 3 is 1.81 bits per heavy atom. The van der Waals surface area contributed by atoms with E-state index in [-0.39, 0.29) is 16.4 Å². The summed E-state index contributed by atoms with van der Waals surface area (Å²) in [5.74, 6) is -1.20. The number of benzene rings is 5. The molecule has 0 spiro atoms. The molecule has 2 aliphatic carbocycles. The number of thioether (sulfide) groups is 1. The van der Waals surface area contributed by atoms with E-state index < -0.39 is 5.97 Å². The maximum absolute atomic E-state index is 11.4. The highest BCUT2D eigenvalue weighted by molar-refractivity contribution is 8.00. The van der Waals surface area contributed by atoms with Crippen molar-refractivity contribution >= 4 is 105 Å². The normalized spacial score (nSPS) is 16.4. The molecule has 0 amide bonds. The Bertz CT molecular complexity index is 3350. The van der Waals surface area contributed by atoms with Crippen LogP contribution in [0.4, 0.5) is 17.1 Å². The molecule has 0 fully saturated rings. The summed E-state index contributed by atoms with van der Waals surface area (Å²) in [6, 6.07) is 49.7. The molecule has 0 saturated carbocycles. The number of fused-ring (bicyclic) bond motifs is 10. The number of hydrogen-bond acceptors (Lipinski definition) is 8. The third-order valence-electron chi connectivity index (χ3n) is 13.3. The summed E-state index contributed by atoms with van der Waals surface area (Å²) in [6.07, 6.45) is 2.48. The maximum atomic E-state index is 11.4. The number of carboxylic acids is 1. The highest BCUT2D eigenvalue weighted by Gasteiger charge is 2.38. The van der Waals surface area contributed by atoms with Crippen LogP contribution in [0.2, 0.25) is 0 Å². The van der Waals surface area contributed by atoms with Gasteiger partial charge in [0.05, 0.1) is 9.40 Å². The Kier molecular flexibility index (Phi) is 8.73. The quantitative estimate of drug-likeness (QED) is 0.127. The average molecular weight is 907 g/mol. The predicted octanol–water partition coefficient (Wildman–Crippen LogP) is 16.4. The minimum Gasteiger partial charge on any atom is -0.477 e. The van der Waals surface area contributed by atoms with Crippen molar-refractivity contribution in [1.82, 2.24) is 0 Å². The molecule has 63 heavy (non-hydrogen) atoms. The molecule has 12 rings (SSSR count). The highest BCUT2D eigenvalue weighted by Crippen LogP contribution is 2.56. The average Bonchev–Trinajstić information content (AvgIpc) is 4.15. The number of aliphatic carboxylic acids is 1. The lowest BCUT2D eigenvalue weighted by Crippen LogP contribution is -2.18. The van der Waals surface area contributed by atoms with E-state index in [1.807, 2.05) is 29.2 Å². The standard InChI is InChI=1S/C54H38N2O2S5/c1-53(2)39-11-7-5-9-35(39)37-19-17-32(22-41(37)53)56(33-18-20-38-36-10-6-8-12-40(36)54(3,4)42(38)23-33)31-15-13-29(14-16-31)43-25-44-45(60-43)26-46(61-44)47-27-49-51(63-47)50-48(62-49)24-34(59-50)21-30(28-55)52(57)58/h5-24,26-27,43H,25H2,1-4H3,(H,57,58)/b30-21-. The molecular formula is C54H38N2O2S5. The van der Waals surface area contributed by atoms with Crippen LogP contribution in [0.5, 0.6) is 0 Å². The number of carbonyl (C=O) groups is 1. The van der Waals surface area contributed by atoms with Crippen molar-refractivity contribution in [3.05, 3.63) is 171 Å². The largest absolute Gasteiger partial charge is 0.477 e. The molecule has 1 atom stereocenters. The van der Waals surface area contributed by atoms with Gasteiger partial charge in [-0.3, -0.25) is 0 Å². The van der Waals surface area contributed by atoms with Gasteiger partial charge in [0, 0.05) is 66.9 Å². The maximum Gasteiger partial charge on any atom is 0.346 e. The van der Waals surface area contributed by atoms with Gasteiger partial charge < -0.3 is 10.0 Å². The Balaban J connectivity index is 0.852. The molecule has 4 aromatic heterocycles. The van der Waals surface area contributed by atoms with Crippen LogP contribution in [0.1, 0.15) is 70.5 Å². The second-order valence-corrected chi connectivity index (χ2v) is 23.3. The third kappa shape index (κ3) is 5.99. The van der Waals surface area contributed by atoms with Crippen molar-refractivity contribution in [2.45, 2.75) is 55.1 Å². The van der Waals surface area contributed by atoms with Gasteiger partial charge in [0.25, 0.3) is 0 Å². The lowest BCUT2D eigenvalue weighted by Gasteiger charge is -2.30. The number of nitrogens with zero attached hydrogens (tertiary/aromatic N) is 2. The minimum atomic E-state index is -1.20. The van der Waals surface area contributed by atoms with E-state index in [0.717, 1.165) is 37.8 Å². The first-order valence-corrected chi connectivity index (χ1v) is 25.1. The molecule has 0 saturated heterocycles. The van der Waals surface area contributed by atoms with Gasteiger partial charge in [-0.15, -0.1) is 57.1 Å². The van der Waals surface area contributed by atoms with Gasteiger partial charge in [0.1, 0.15) is 11.6 Å². The second-order valence-electron chi connectivity index (χ2n) is 17.7. The summed E-state index contributed by atoms with van der Waals surface area (Å²) in [7, 11) is 0. The van der Waals surface area contributed by atoms with Gasteiger partial charge in [-0.1, -0.05) is 100 Å². The fraction of sp³-hybridized carbons (Fsp3) is 0.148. The number of rotatable bonds is 7. The van der Waals surface area contributed by atoms with E-state index >= 15 is 0 Å². The van der Waals surface area contributed by atoms with Crippen molar-refractivity contribution in [1.29, 1.82) is 5.26 Å². The van der Waals surface area contributed by atoms with Crippen molar-refractivity contribution in [2.75, 3.05) is 4.90 Å². The van der Waals surface area contributed by atoms with E-state index in [0.29, 0.717) is 5.25 Å². The van der Waals surface area contributed by atoms with E-state index in [2.05, 4.69) is 154 Å². The molecule has 3 aliphatic rings. The summed E-state index contributed by atoms with van der Waals surface area (Å²) in [5, 5.41) is 18.9. The van der Waals surface area contributed by atoms with Crippen LogP contribution in [0.25, 0.3) is 56.9 Å². The summed E-state index contributed by atoms with van der Waals surface area (Å²) >= 11 is 8.98. The predicted molar refractivity (Wildman–Crippen MR) is 268 cm³/mol. The first-order chi connectivity index (χ1) is 30.5. The smallest absolute Gasteiger partial charge is 0.346 e. The van der Waals surface area contributed by atoms with E-state index in [9.17, 15) is 15.2 Å². The number of anilines is 3. The third-order valence-corrected chi connectivity index (χ3v) is 19.9. The van der Waals surface area contributed by atoms with E-state index in [1.54, 1.807) is 40.1 Å². The number of carboxylic acid groups (broad SMARTS) is 1. The molecule has 5 heterocycles. The van der Waals surface area contributed by atoms with Crippen LogP contribution < -0.4 is 4.90 Å². The molecule has 306 valence electrons. The molecule has 1 unspecified atom stereocenters. The monoisotopic (exact) mass is 906 g/mol. The summed E-state index contributed by atoms with van der Waals surface area (Å²) in [5.41, 5.74) is 15.2. The molecule has 1 aliphatic heterocycles. The topological polar surface area (TPSA) is 64.3 Å². The molecule has 9 heteroatoms. The SMILES string of the molecule is CC1(C)c2ccccc2-c2ccc(N(c3ccc(C4Cc5sc(-c6cc7sc8cc(/C=C(/C#N)C(=O)O)sc8c7s6)cc5S4)cc3)c3ccc4c(c3)C(C)(C)c3ccccc3-4)cc21. The minimum absolute atomic E-state index is 0.106. The fourth-order valence-corrected chi connectivity index (χ4v) is 17.0. The second kappa shape index (κ2) is 14.1. The first-order valence-electron chi connectivity index (χ1n) is 21.0. The van der Waals surface area contributed by atoms with Gasteiger partial charge in [-0.2, -0.15) is 5.26 Å². The van der Waals surface area contributed by atoms with E-state index in [4.69, 9.17) is 0 Å². The zero-order chi connectivity index (χ0) is 42.9. The molecular weight excluding hydrogens is 869 g/mol. The molecule has 0 radical (unpaired) electrons. The number of thiophene rings is 4. The molecule has 0 bridgehead atoms. The molecule has 1 N–H and O–H groups in total. The first kappa shape index (κ1) is 38.9. The van der Waals surface area contributed by atoms with Crippen molar-refractivity contribution in [3.63, 3.8) is 0 Å². The Labute approximate surface area is 386 Å². The van der Waals surface area contributed by atoms with Crippen LogP contribution in [0.3, 0.4) is 0 Å². The van der Waals surface area contributed by atoms with Crippen LogP contribution in [-0.4, -0.2) is 11.1 Å². The lowest BCUT2D eigenvalue weighted by molar-refractivity contribution is -0.132. The van der Waals surface area contributed by atoms with Crippen molar-refractivity contribution in [2.24, 2.45) is 0 Å². The summed E-state index contributed by atoms with van der Waals surface area (Å²) in [6.45, 7) is 9.43. The van der Waals surface area contributed by atoms with Crippen LogP contribution in [-0.2, 0) is 22.0 Å². The number of nitriles is 1. The van der Waals surface area contributed by atoms with Crippen LogP contribution in [0, 0.1) is 11.3 Å². The van der Waals surface area contributed by atoms with Crippen molar-refractivity contribution < 1.29 is 9.90 Å². The molecule has 5 aromatic carbocycles. The van der Waals surface area contributed by atoms with Gasteiger partial charge in [-0.05, 0) is 117 Å². The Morgan fingerprint density at radius 1 is 0.651 bits per heavy atom. The highest BCUT2D eigenvalue weighted by atomic mass is 32.2. The zero-order valence-electron chi connectivity index (χ0n) is 34.8. The Hall–Kier alpha value is -5.73. The van der Waals surface area contributed by atoms with E-state index in [1.165, 1.54) is 85.1 Å². The lowest BCUT2D eigenvalue weighted by atomic mass is 9.82. The fourth-order valence-electron chi connectivity index (χ4n) is 10.1. The summed E-state index contributed by atoms with van der Waals surface area (Å²) < 4.78 is 4.78. The van der Waals surface area contributed by atoms with Gasteiger partial charge in [0.15, 0.2) is 0 Å². The van der Waals surface area contributed by atoms with Gasteiger partial charge in [-0.25, -0.2) is 4.79 Å². The molecule has 4 nitrogen and oxygen atoms in total. The van der Waals surface area contributed by atoms with Crippen molar-refractivity contribution in [3.8, 4) is 38.1 Å². The summed E-state index contributed by atoms with van der Waals surface area (Å²) in [4.78, 5) is 20.1. The Morgan fingerprint density at radius 2 is 1.21 bits per heavy atom. The van der Waals surface area contributed by atoms with Gasteiger partial charge >= 0.3 is 5.97 Å².